The molecule has 0 spiro atoms. The smallest absolute Gasteiger partial charge is 0.00773 e. The van der Waals surface area contributed by atoms with Crippen molar-refractivity contribution in [1.82, 2.24) is 0 Å². The second-order valence-corrected chi connectivity index (χ2v) is 6.84. The van der Waals surface area contributed by atoms with Crippen molar-refractivity contribution >= 4 is 0 Å². The minimum absolute atomic E-state index is 0.565. The fraction of sp³-hybridized carbons (Fsp3) is 1.00. The van der Waals surface area contributed by atoms with Crippen LogP contribution >= 0.6 is 0 Å². The Morgan fingerprint density at radius 2 is 1.69 bits per heavy atom. The molecule has 0 aromatic carbocycles. The van der Waals surface area contributed by atoms with E-state index in [1.165, 1.54) is 51.4 Å². The molecule has 2 rings (SSSR count). The molecule has 0 aliphatic heterocycles. The van der Waals surface area contributed by atoms with Gasteiger partial charge in [-0.15, -0.1) is 0 Å². The highest BCUT2D eigenvalue weighted by Crippen LogP contribution is 2.52. The van der Waals surface area contributed by atoms with Gasteiger partial charge in [0.25, 0.3) is 0 Å². The van der Waals surface area contributed by atoms with Gasteiger partial charge in [-0.3, -0.25) is 0 Å². The number of fused-ring (bicyclic) bond motifs is 1. The second kappa shape index (κ2) is 5.08. The molecule has 94 valence electrons. The Hall–Kier alpha value is -0.0400. The third-order valence-corrected chi connectivity index (χ3v) is 5.43. The Labute approximate surface area is 101 Å². The molecule has 0 heterocycles. The summed E-state index contributed by atoms with van der Waals surface area (Å²) in [6, 6.07) is 0. The Balaban J connectivity index is 1.80. The highest BCUT2D eigenvalue weighted by atomic mass is 14.5. The third-order valence-electron chi connectivity index (χ3n) is 5.43. The van der Waals surface area contributed by atoms with Crippen LogP contribution in [0, 0.1) is 23.2 Å². The molecule has 2 saturated carbocycles. The van der Waals surface area contributed by atoms with E-state index in [9.17, 15) is 0 Å². The van der Waals surface area contributed by atoms with Gasteiger partial charge >= 0.3 is 0 Å². The van der Waals surface area contributed by atoms with Crippen molar-refractivity contribution in [3.8, 4) is 0 Å². The molecule has 2 N–H and O–H groups in total. The van der Waals surface area contributed by atoms with Gasteiger partial charge in [-0.05, 0) is 74.7 Å². The SMILES string of the molecule is CC(C)(CCCCN)C1CCC2CCC2C1. The van der Waals surface area contributed by atoms with Crippen LogP contribution in [0.4, 0.5) is 0 Å². The molecule has 0 bridgehead atoms. The first-order valence-corrected chi connectivity index (χ1v) is 7.33. The Morgan fingerprint density at radius 3 is 2.25 bits per heavy atom. The van der Waals surface area contributed by atoms with E-state index in [-0.39, 0.29) is 0 Å². The minimum Gasteiger partial charge on any atom is -0.330 e. The van der Waals surface area contributed by atoms with E-state index in [0.29, 0.717) is 5.41 Å². The summed E-state index contributed by atoms with van der Waals surface area (Å²) in [4.78, 5) is 0. The lowest BCUT2D eigenvalue weighted by atomic mass is 9.57. The van der Waals surface area contributed by atoms with Crippen molar-refractivity contribution in [2.75, 3.05) is 6.54 Å². The summed E-state index contributed by atoms with van der Waals surface area (Å²) < 4.78 is 0. The summed E-state index contributed by atoms with van der Waals surface area (Å²) in [5.74, 6) is 3.22. The van der Waals surface area contributed by atoms with Crippen molar-refractivity contribution in [1.29, 1.82) is 0 Å². The van der Waals surface area contributed by atoms with Crippen LogP contribution < -0.4 is 5.73 Å². The normalized spacial score (nSPS) is 34.3. The molecular weight excluding hydrogens is 194 g/mol. The fourth-order valence-electron chi connectivity index (χ4n) is 3.87. The molecule has 0 aromatic rings. The first-order chi connectivity index (χ1) is 7.63. The van der Waals surface area contributed by atoms with Gasteiger partial charge in [-0.1, -0.05) is 20.3 Å². The van der Waals surface area contributed by atoms with Crippen molar-refractivity contribution in [3.63, 3.8) is 0 Å². The number of hydrogen-bond acceptors (Lipinski definition) is 1. The maximum atomic E-state index is 5.59. The van der Waals surface area contributed by atoms with Gasteiger partial charge in [-0.25, -0.2) is 0 Å². The molecular formula is C15H29N. The monoisotopic (exact) mass is 223 g/mol. The lowest BCUT2D eigenvalue weighted by Gasteiger charge is -2.48. The fourth-order valence-corrected chi connectivity index (χ4v) is 3.87. The van der Waals surface area contributed by atoms with Crippen LogP contribution in [0.25, 0.3) is 0 Å². The summed E-state index contributed by atoms with van der Waals surface area (Å²) in [5, 5.41) is 0. The van der Waals surface area contributed by atoms with Crippen molar-refractivity contribution in [2.45, 2.75) is 65.2 Å². The molecule has 0 amide bonds. The summed E-state index contributed by atoms with van der Waals surface area (Å²) in [5.41, 5.74) is 6.15. The number of unbranched alkanes of at least 4 members (excludes halogenated alkanes) is 1. The Bertz CT molecular complexity index is 221. The summed E-state index contributed by atoms with van der Waals surface area (Å²) in [6.07, 6.45) is 11.5. The Morgan fingerprint density at radius 1 is 1.00 bits per heavy atom. The van der Waals surface area contributed by atoms with E-state index in [0.717, 1.165) is 24.3 Å². The molecule has 0 aromatic heterocycles. The van der Waals surface area contributed by atoms with Crippen molar-refractivity contribution in [3.05, 3.63) is 0 Å². The molecule has 0 radical (unpaired) electrons. The molecule has 2 aliphatic carbocycles. The maximum absolute atomic E-state index is 5.59. The zero-order chi connectivity index (χ0) is 11.6. The standard InChI is InChI=1S/C15H29N/c1-15(2,9-3-4-10-16)14-8-7-12-5-6-13(12)11-14/h12-14H,3-11,16H2,1-2H3. The Kier molecular flexibility index (Phi) is 3.94. The topological polar surface area (TPSA) is 26.0 Å². The van der Waals surface area contributed by atoms with E-state index in [1.54, 1.807) is 0 Å². The van der Waals surface area contributed by atoms with E-state index >= 15 is 0 Å². The molecule has 3 atom stereocenters. The number of hydrogen-bond donors (Lipinski definition) is 1. The summed E-state index contributed by atoms with van der Waals surface area (Å²) >= 11 is 0. The average Bonchev–Trinajstić information content (AvgIpc) is 2.20. The van der Waals surface area contributed by atoms with Gasteiger partial charge < -0.3 is 5.73 Å². The van der Waals surface area contributed by atoms with Crippen LogP contribution in [-0.2, 0) is 0 Å². The van der Waals surface area contributed by atoms with E-state index in [2.05, 4.69) is 13.8 Å². The van der Waals surface area contributed by atoms with E-state index in [4.69, 9.17) is 5.73 Å². The highest BCUT2D eigenvalue weighted by molar-refractivity contribution is 4.92. The summed E-state index contributed by atoms with van der Waals surface area (Å²) in [6.45, 7) is 5.85. The zero-order valence-electron chi connectivity index (χ0n) is 11.2. The lowest BCUT2D eigenvalue weighted by Crippen LogP contribution is -2.38. The van der Waals surface area contributed by atoms with Gasteiger partial charge in [0.15, 0.2) is 0 Å². The predicted octanol–water partition coefficient (Wildman–Crippen LogP) is 3.97. The molecule has 1 heteroatoms. The average molecular weight is 223 g/mol. The predicted molar refractivity (Wildman–Crippen MR) is 70.2 cm³/mol. The molecule has 2 aliphatic rings. The van der Waals surface area contributed by atoms with Crippen LogP contribution in [0.2, 0.25) is 0 Å². The highest BCUT2D eigenvalue weighted by Gasteiger charge is 2.41. The number of rotatable bonds is 5. The maximum Gasteiger partial charge on any atom is -0.00773 e. The molecule has 16 heavy (non-hydrogen) atoms. The van der Waals surface area contributed by atoms with Crippen LogP contribution in [0.15, 0.2) is 0 Å². The van der Waals surface area contributed by atoms with Crippen LogP contribution in [0.5, 0.6) is 0 Å². The molecule has 3 unspecified atom stereocenters. The third kappa shape index (κ3) is 2.61. The van der Waals surface area contributed by atoms with Gasteiger partial charge in [0.05, 0.1) is 0 Å². The van der Waals surface area contributed by atoms with Crippen molar-refractivity contribution < 1.29 is 0 Å². The van der Waals surface area contributed by atoms with Crippen molar-refractivity contribution in [2.24, 2.45) is 28.9 Å². The molecule has 0 saturated heterocycles. The van der Waals surface area contributed by atoms with E-state index in [1.807, 2.05) is 0 Å². The first kappa shape index (κ1) is 12.4. The van der Waals surface area contributed by atoms with Crippen LogP contribution in [0.3, 0.4) is 0 Å². The zero-order valence-corrected chi connectivity index (χ0v) is 11.2. The van der Waals surface area contributed by atoms with Crippen LogP contribution in [-0.4, -0.2) is 6.54 Å². The van der Waals surface area contributed by atoms with Gasteiger partial charge in [0, 0.05) is 0 Å². The van der Waals surface area contributed by atoms with E-state index < -0.39 is 0 Å². The van der Waals surface area contributed by atoms with Crippen LogP contribution in [0.1, 0.15) is 65.2 Å². The largest absolute Gasteiger partial charge is 0.330 e. The van der Waals surface area contributed by atoms with Gasteiger partial charge in [-0.2, -0.15) is 0 Å². The molecule has 1 nitrogen and oxygen atoms in total. The van der Waals surface area contributed by atoms with Gasteiger partial charge in [0.2, 0.25) is 0 Å². The number of nitrogens with two attached hydrogens (primary N) is 1. The summed E-state index contributed by atoms with van der Waals surface area (Å²) in [7, 11) is 0. The quantitative estimate of drug-likeness (QED) is 0.701. The second-order valence-electron chi connectivity index (χ2n) is 6.84. The first-order valence-electron chi connectivity index (χ1n) is 7.33. The minimum atomic E-state index is 0.565. The molecule has 2 fully saturated rings. The lowest BCUT2D eigenvalue weighted by molar-refractivity contribution is 0.0245. The van der Waals surface area contributed by atoms with Gasteiger partial charge in [0.1, 0.15) is 0 Å².